The second kappa shape index (κ2) is 6.95. The zero-order valence-corrected chi connectivity index (χ0v) is 13.9. The van der Waals surface area contributed by atoms with E-state index in [2.05, 4.69) is 15.3 Å². The van der Waals surface area contributed by atoms with Crippen LogP contribution in [0.5, 0.6) is 0 Å². The predicted octanol–water partition coefficient (Wildman–Crippen LogP) is 1.37. The molecule has 3 heterocycles. The minimum atomic E-state index is -0.133. The first-order valence-electron chi connectivity index (χ1n) is 7.72. The minimum absolute atomic E-state index is 0.0484. The SMILES string of the molecule is Cn1ncc(N2CCCC(C(=O)NCc3cccs3)C2)cc1=O. The standard InChI is InChI=1S/C16H20N4O2S/c1-19-15(21)8-13(9-18-19)20-6-2-4-12(11-20)16(22)17-10-14-5-3-7-23-14/h3,5,7-9,12H,2,4,6,10-11H2,1H3,(H,17,22). The lowest BCUT2D eigenvalue weighted by Crippen LogP contribution is -2.43. The number of carbonyl (C=O) groups excluding carboxylic acids is 1. The van der Waals surface area contributed by atoms with Gasteiger partial charge in [-0.2, -0.15) is 5.10 Å². The molecule has 1 saturated heterocycles. The number of thiophene rings is 1. The van der Waals surface area contributed by atoms with E-state index in [-0.39, 0.29) is 17.4 Å². The molecule has 1 atom stereocenters. The maximum atomic E-state index is 12.4. The highest BCUT2D eigenvalue weighted by Crippen LogP contribution is 2.22. The molecule has 2 aromatic rings. The quantitative estimate of drug-likeness (QED) is 0.918. The van der Waals surface area contributed by atoms with E-state index in [1.54, 1.807) is 30.6 Å². The predicted molar refractivity (Wildman–Crippen MR) is 90.6 cm³/mol. The summed E-state index contributed by atoms with van der Waals surface area (Å²) in [4.78, 5) is 27.3. The third-order valence-corrected chi connectivity index (χ3v) is 5.00. The molecule has 1 unspecified atom stereocenters. The van der Waals surface area contributed by atoms with Crippen molar-refractivity contribution in [3.8, 4) is 0 Å². The van der Waals surface area contributed by atoms with Crippen LogP contribution in [0.3, 0.4) is 0 Å². The maximum Gasteiger partial charge on any atom is 0.268 e. The number of hydrogen-bond acceptors (Lipinski definition) is 5. The second-order valence-corrected chi connectivity index (χ2v) is 6.79. The number of hydrogen-bond donors (Lipinski definition) is 1. The summed E-state index contributed by atoms with van der Waals surface area (Å²) < 4.78 is 1.30. The average molecular weight is 332 g/mol. The van der Waals surface area contributed by atoms with Crippen molar-refractivity contribution in [1.29, 1.82) is 0 Å². The molecule has 0 spiro atoms. The molecule has 0 radical (unpaired) electrons. The monoisotopic (exact) mass is 332 g/mol. The number of carbonyl (C=O) groups is 1. The van der Waals surface area contributed by atoms with Crippen LogP contribution in [0.15, 0.2) is 34.6 Å². The summed E-state index contributed by atoms with van der Waals surface area (Å²) in [5.74, 6) is 0.0349. The average Bonchev–Trinajstić information content (AvgIpc) is 3.09. The topological polar surface area (TPSA) is 67.2 Å². The third-order valence-electron chi connectivity index (χ3n) is 4.13. The van der Waals surface area contributed by atoms with E-state index in [0.717, 1.165) is 30.0 Å². The molecule has 0 aromatic carbocycles. The molecule has 23 heavy (non-hydrogen) atoms. The normalized spacial score (nSPS) is 18.0. The number of nitrogens with zero attached hydrogens (tertiary/aromatic N) is 3. The number of nitrogens with one attached hydrogen (secondary N) is 1. The van der Waals surface area contributed by atoms with Gasteiger partial charge in [-0.1, -0.05) is 6.07 Å². The van der Waals surface area contributed by atoms with Gasteiger partial charge in [0.2, 0.25) is 5.91 Å². The Labute approximate surface area is 138 Å². The van der Waals surface area contributed by atoms with Crippen molar-refractivity contribution in [3.05, 3.63) is 45.0 Å². The molecule has 0 bridgehead atoms. The van der Waals surface area contributed by atoms with Crippen LogP contribution in [0.4, 0.5) is 5.69 Å². The summed E-state index contributed by atoms with van der Waals surface area (Å²) in [7, 11) is 1.63. The van der Waals surface area contributed by atoms with Gasteiger partial charge >= 0.3 is 0 Å². The smallest absolute Gasteiger partial charge is 0.268 e. The highest BCUT2D eigenvalue weighted by Gasteiger charge is 2.26. The molecule has 122 valence electrons. The highest BCUT2D eigenvalue weighted by atomic mass is 32.1. The Hall–Kier alpha value is -2.15. The fourth-order valence-corrected chi connectivity index (χ4v) is 3.43. The van der Waals surface area contributed by atoms with Crippen LogP contribution >= 0.6 is 11.3 Å². The van der Waals surface area contributed by atoms with Crippen molar-refractivity contribution in [2.24, 2.45) is 13.0 Å². The number of piperidine rings is 1. The van der Waals surface area contributed by atoms with Gasteiger partial charge in [-0.3, -0.25) is 9.59 Å². The molecule has 2 aromatic heterocycles. The summed E-state index contributed by atoms with van der Waals surface area (Å²) in [6.07, 6.45) is 3.50. The number of aryl methyl sites for hydroxylation is 1. The van der Waals surface area contributed by atoms with Gasteiger partial charge in [-0.15, -0.1) is 11.3 Å². The van der Waals surface area contributed by atoms with Crippen molar-refractivity contribution in [2.45, 2.75) is 19.4 Å². The zero-order valence-electron chi connectivity index (χ0n) is 13.1. The molecule has 0 aliphatic carbocycles. The van der Waals surface area contributed by atoms with Gasteiger partial charge in [-0.25, -0.2) is 4.68 Å². The van der Waals surface area contributed by atoms with Crippen molar-refractivity contribution in [3.63, 3.8) is 0 Å². The van der Waals surface area contributed by atoms with E-state index in [9.17, 15) is 9.59 Å². The van der Waals surface area contributed by atoms with E-state index >= 15 is 0 Å². The van der Waals surface area contributed by atoms with Crippen LogP contribution < -0.4 is 15.8 Å². The second-order valence-electron chi connectivity index (χ2n) is 5.76. The van der Waals surface area contributed by atoms with Crippen LogP contribution in [0.1, 0.15) is 17.7 Å². The number of rotatable bonds is 4. The van der Waals surface area contributed by atoms with Crippen LogP contribution in [0, 0.1) is 5.92 Å². The number of amides is 1. The molecule has 1 fully saturated rings. The van der Waals surface area contributed by atoms with E-state index in [4.69, 9.17) is 0 Å². The Balaban J connectivity index is 1.62. The van der Waals surface area contributed by atoms with E-state index in [1.807, 2.05) is 17.5 Å². The molecule has 1 amide bonds. The Morgan fingerprint density at radius 3 is 3.13 bits per heavy atom. The van der Waals surface area contributed by atoms with Gasteiger partial charge in [0.1, 0.15) is 0 Å². The summed E-state index contributed by atoms with van der Waals surface area (Å²) >= 11 is 1.64. The molecule has 1 aliphatic heterocycles. The number of anilines is 1. The van der Waals surface area contributed by atoms with Gasteiger partial charge in [0.15, 0.2) is 0 Å². The number of aromatic nitrogens is 2. The molecule has 3 rings (SSSR count). The summed E-state index contributed by atoms with van der Waals surface area (Å²) in [5.41, 5.74) is 0.663. The lowest BCUT2D eigenvalue weighted by atomic mass is 9.97. The molecule has 0 saturated carbocycles. The van der Waals surface area contributed by atoms with Crippen molar-refractivity contribution in [1.82, 2.24) is 15.1 Å². The minimum Gasteiger partial charge on any atom is -0.369 e. The molecule has 7 heteroatoms. The lowest BCUT2D eigenvalue weighted by Gasteiger charge is -2.33. The third kappa shape index (κ3) is 3.79. The van der Waals surface area contributed by atoms with Gasteiger partial charge in [0.05, 0.1) is 24.3 Å². The Morgan fingerprint density at radius 1 is 1.52 bits per heavy atom. The first kappa shape index (κ1) is 15.7. The molecule has 6 nitrogen and oxygen atoms in total. The van der Waals surface area contributed by atoms with Crippen LogP contribution in [0.2, 0.25) is 0 Å². The Morgan fingerprint density at radius 2 is 2.39 bits per heavy atom. The van der Waals surface area contributed by atoms with Crippen molar-refractivity contribution < 1.29 is 4.79 Å². The van der Waals surface area contributed by atoms with E-state index in [0.29, 0.717) is 13.1 Å². The Bertz CT molecular complexity index is 726. The van der Waals surface area contributed by atoms with Gasteiger partial charge in [0.25, 0.3) is 5.56 Å². The molecule has 1 N–H and O–H groups in total. The first-order valence-corrected chi connectivity index (χ1v) is 8.60. The summed E-state index contributed by atoms with van der Waals surface area (Å²) in [6.45, 7) is 2.06. The fraction of sp³-hybridized carbons (Fsp3) is 0.438. The molecule has 1 aliphatic rings. The summed E-state index contributed by atoms with van der Waals surface area (Å²) in [6, 6.07) is 5.58. The van der Waals surface area contributed by atoms with Crippen LogP contribution in [-0.4, -0.2) is 28.8 Å². The van der Waals surface area contributed by atoms with Crippen LogP contribution in [-0.2, 0) is 18.4 Å². The van der Waals surface area contributed by atoms with Crippen molar-refractivity contribution >= 4 is 22.9 Å². The van der Waals surface area contributed by atoms with Crippen LogP contribution in [0.25, 0.3) is 0 Å². The first-order chi connectivity index (χ1) is 11.1. The van der Waals surface area contributed by atoms with E-state index < -0.39 is 0 Å². The largest absolute Gasteiger partial charge is 0.369 e. The summed E-state index contributed by atoms with van der Waals surface area (Å²) in [5, 5.41) is 9.07. The molecular formula is C16H20N4O2S. The van der Waals surface area contributed by atoms with E-state index in [1.165, 1.54) is 4.68 Å². The lowest BCUT2D eigenvalue weighted by molar-refractivity contribution is -0.125. The highest BCUT2D eigenvalue weighted by molar-refractivity contribution is 7.09. The van der Waals surface area contributed by atoms with Gasteiger partial charge in [-0.05, 0) is 24.3 Å². The van der Waals surface area contributed by atoms with Crippen molar-refractivity contribution in [2.75, 3.05) is 18.0 Å². The molecular weight excluding hydrogens is 312 g/mol. The Kier molecular flexibility index (Phi) is 4.76. The van der Waals surface area contributed by atoms with Gasteiger partial charge < -0.3 is 10.2 Å². The van der Waals surface area contributed by atoms with Gasteiger partial charge in [0, 0.05) is 31.1 Å². The fourth-order valence-electron chi connectivity index (χ4n) is 2.79. The zero-order chi connectivity index (χ0) is 16.2. The maximum absolute atomic E-state index is 12.4.